The predicted molar refractivity (Wildman–Crippen MR) is 84.1 cm³/mol. The molecule has 0 fully saturated rings. The first kappa shape index (κ1) is 19.7. The summed E-state index contributed by atoms with van der Waals surface area (Å²) >= 11 is 0. The summed E-state index contributed by atoms with van der Waals surface area (Å²) in [6.07, 6.45) is 4.27. The van der Waals surface area contributed by atoms with Gasteiger partial charge in [-0.3, -0.25) is 9.11 Å². The molecule has 6 nitrogen and oxygen atoms in total. The number of hydrogen-bond acceptors (Lipinski definition) is 4. The lowest BCUT2D eigenvalue weighted by molar-refractivity contribution is -0.136. The molecule has 0 atom stereocenters. The van der Waals surface area contributed by atoms with Crippen LogP contribution in [-0.2, 0) is 19.9 Å². The minimum atomic E-state index is -4.67. The summed E-state index contributed by atoms with van der Waals surface area (Å²) in [5.74, 6) is 0.138. The summed E-state index contributed by atoms with van der Waals surface area (Å²) in [6, 6.07) is 10.1. The van der Waals surface area contributed by atoms with Crippen molar-refractivity contribution in [1.82, 2.24) is 0 Å². The molecule has 0 spiro atoms. The normalized spacial score (nSPS) is 11.9. The molecular weight excluding hydrogens is 316 g/mol. The van der Waals surface area contributed by atoms with E-state index < -0.39 is 20.4 Å². The Kier molecular flexibility index (Phi) is 7.65. The van der Waals surface area contributed by atoms with Crippen LogP contribution in [0.5, 0.6) is 0 Å². The monoisotopic (exact) mass is 336 g/mol. The number of carbonyl (C=O) groups excluding carboxylic acids is 1. The summed E-state index contributed by atoms with van der Waals surface area (Å²) in [5.41, 5.74) is 0.447. The fourth-order valence-corrected chi connectivity index (χ4v) is 2.61. The number of ether oxygens (including phenoxy) is 1. The largest absolute Gasteiger partial charge is 0.453 e. The van der Waals surface area contributed by atoms with Crippen molar-refractivity contribution in [3.63, 3.8) is 0 Å². The average molecular weight is 336 g/mol. The Morgan fingerprint density at radius 3 is 2.00 bits per heavy atom. The van der Waals surface area contributed by atoms with Gasteiger partial charge in [-0.2, -0.15) is 18.4 Å². The number of benzene rings is 1. The molecule has 0 bridgehead atoms. The van der Waals surface area contributed by atoms with Gasteiger partial charge in [0.15, 0.2) is 0 Å². The highest BCUT2D eigenvalue weighted by Gasteiger charge is 2.17. The Morgan fingerprint density at radius 2 is 1.62 bits per heavy atom. The molecule has 0 aliphatic heterocycles. The zero-order valence-electron chi connectivity index (χ0n) is 12.1. The van der Waals surface area contributed by atoms with Crippen LogP contribution in [-0.4, -0.2) is 41.9 Å². The highest BCUT2D eigenvalue weighted by molar-refractivity contribution is 8.32. The van der Waals surface area contributed by atoms with E-state index in [-0.39, 0.29) is 5.97 Å². The third kappa shape index (κ3) is 10.1. The van der Waals surface area contributed by atoms with E-state index in [9.17, 15) is 4.79 Å². The summed E-state index contributed by atoms with van der Waals surface area (Å²) in [5, 5.41) is 0. The summed E-state index contributed by atoms with van der Waals surface area (Å²) in [6.45, 7) is 5.22. The van der Waals surface area contributed by atoms with Gasteiger partial charge in [-0.05, 0) is 36.5 Å². The Morgan fingerprint density at radius 1 is 1.19 bits per heavy atom. The van der Waals surface area contributed by atoms with Crippen molar-refractivity contribution < 1.29 is 27.1 Å². The second kappa shape index (κ2) is 8.18. The Hall–Kier alpha value is -1.35. The van der Waals surface area contributed by atoms with Crippen LogP contribution in [0.15, 0.2) is 47.4 Å². The van der Waals surface area contributed by atoms with Gasteiger partial charge in [-0.25, -0.2) is 4.79 Å². The lowest BCUT2D eigenvalue weighted by Crippen LogP contribution is -2.11. The molecule has 1 rings (SSSR count). The molecule has 2 N–H and O–H groups in total. The minimum Gasteiger partial charge on any atom is -0.453 e. The molecule has 0 saturated heterocycles. The lowest BCUT2D eigenvalue weighted by atomic mass is 10.4. The van der Waals surface area contributed by atoms with Crippen LogP contribution in [0.25, 0.3) is 0 Å². The second-order valence-corrected chi connectivity index (χ2v) is 9.31. The smallest absolute Gasteiger partial charge is 0.394 e. The van der Waals surface area contributed by atoms with Crippen molar-refractivity contribution >= 4 is 26.4 Å². The minimum absolute atomic E-state index is 0.309. The molecule has 0 amide bonds. The van der Waals surface area contributed by atoms with E-state index in [2.05, 4.69) is 31.2 Å². The van der Waals surface area contributed by atoms with E-state index in [4.69, 9.17) is 22.3 Å². The van der Waals surface area contributed by atoms with Crippen molar-refractivity contribution in [2.45, 2.75) is 11.8 Å². The first-order chi connectivity index (χ1) is 9.43. The summed E-state index contributed by atoms with van der Waals surface area (Å²) < 4.78 is 36.8. The summed E-state index contributed by atoms with van der Waals surface area (Å²) in [4.78, 5) is 12.6. The highest BCUT2D eigenvalue weighted by atomic mass is 32.3. The van der Waals surface area contributed by atoms with E-state index in [1.165, 1.54) is 4.90 Å². The third-order valence-corrected chi connectivity index (χ3v) is 4.47. The van der Waals surface area contributed by atoms with Crippen LogP contribution < -0.4 is 0 Å². The maximum atomic E-state index is 11.3. The molecule has 0 saturated carbocycles. The van der Waals surface area contributed by atoms with Gasteiger partial charge < -0.3 is 4.74 Å². The van der Waals surface area contributed by atoms with Crippen molar-refractivity contribution in [3.8, 4) is 0 Å². The molecule has 0 unspecified atom stereocenters. The molecule has 21 heavy (non-hydrogen) atoms. The number of esters is 1. The Labute approximate surface area is 126 Å². The molecule has 0 aliphatic rings. The molecule has 0 aliphatic carbocycles. The topological polar surface area (TPSA) is 101 Å². The van der Waals surface area contributed by atoms with Crippen molar-refractivity contribution in [3.05, 3.63) is 42.5 Å². The van der Waals surface area contributed by atoms with Crippen LogP contribution in [0.4, 0.5) is 0 Å². The zero-order chi connectivity index (χ0) is 16.7. The highest BCUT2D eigenvalue weighted by Crippen LogP contribution is 2.48. The molecule has 0 aromatic heterocycles. The van der Waals surface area contributed by atoms with Crippen molar-refractivity contribution in [1.29, 1.82) is 0 Å². The molecular formula is C13H20O6S2. The van der Waals surface area contributed by atoms with Gasteiger partial charge >= 0.3 is 16.4 Å². The SMILES string of the molecule is C=C(C)C(=O)OCS(C)(C)c1ccccc1.O=S(=O)(O)O. The lowest BCUT2D eigenvalue weighted by Gasteiger charge is -2.30. The second-order valence-electron chi connectivity index (χ2n) is 4.63. The molecule has 8 heteroatoms. The number of hydrogen-bond donors (Lipinski definition) is 2. The first-order valence-electron chi connectivity index (χ1n) is 5.72. The molecule has 0 heterocycles. The average Bonchev–Trinajstić information content (AvgIpc) is 2.35. The summed E-state index contributed by atoms with van der Waals surface area (Å²) in [7, 11) is -5.74. The van der Waals surface area contributed by atoms with E-state index >= 15 is 0 Å². The molecule has 0 radical (unpaired) electrons. The Bertz CT molecular complexity index is 570. The van der Waals surface area contributed by atoms with E-state index in [0.717, 1.165) is 0 Å². The first-order valence-corrected chi connectivity index (χ1v) is 9.73. The fourth-order valence-electron chi connectivity index (χ4n) is 1.18. The van der Waals surface area contributed by atoms with Gasteiger partial charge in [0.25, 0.3) is 0 Å². The van der Waals surface area contributed by atoms with Crippen LogP contribution in [0.3, 0.4) is 0 Å². The number of carbonyl (C=O) groups is 1. The fraction of sp³-hybridized carbons (Fsp3) is 0.308. The van der Waals surface area contributed by atoms with Crippen LogP contribution in [0, 0.1) is 0 Å². The van der Waals surface area contributed by atoms with Gasteiger partial charge in [0.05, 0.1) is 0 Å². The van der Waals surface area contributed by atoms with E-state index in [1.54, 1.807) is 6.92 Å². The van der Waals surface area contributed by atoms with Gasteiger partial charge in [-0.15, -0.1) is 0 Å². The quantitative estimate of drug-likeness (QED) is 0.498. The van der Waals surface area contributed by atoms with Gasteiger partial charge in [-0.1, -0.05) is 24.8 Å². The van der Waals surface area contributed by atoms with Crippen LogP contribution >= 0.6 is 10.0 Å². The maximum Gasteiger partial charge on any atom is 0.394 e. The van der Waals surface area contributed by atoms with E-state index in [1.807, 2.05) is 18.2 Å². The van der Waals surface area contributed by atoms with E-state index in [0.29, 0.717) is 11.5 Å². The van der Waals surface area contributed by atoms with Gasteiger partial charge in [0, 0.05) is 5.57 Å². The standard InChI is InChI=1S/C13H18O2S.H2O4S/c1-11(2)13(14)15-10-16(3,4)12-8-6-5-7-9-12;1-5(2,3)4/h5-9H,1,10H2,2-4H3;(H2,1,2,3,4). The molecule has 1 aromatic rings. The molecule has 1 aromatic carbocycles. The van der Waals surface area contributed by atoms with Crippen molar-refractivity contribution in [2.75, 3.05) is 18.5 Å². The van der Waals surface area contributed by atoms with Gasteiger partial charge in [0.2, 0.25) is 0 Å². The maximum absolute atomic E-state index is 11.3. The Balaban J connectivity index is 0.000000690. The third-order valence-electron chi connectivity index (χ3n) is 2.21. The zero-order valence-corrected chi connectivity index (χ0v) is 13.8. The van der Waals surface area contributed by atoms with Crippen LogP contribution in [0.1, 0.15) is 6.92 Å². The number of rotatable bonds is 4. The predicted octanol–water partition coefficient (Wildman–Crippen LogP) is 2.53. The molecule has 120 valence electrons. The van der Waals surface area contributed by atoms with Crippen molar-refractivity contribution in [2.24, 2.45) is 0 Å². The van der Waals surface area contributed by atoms with Crippen LogP contribution in [0.2, 0.25) is 0 Å². The van der Waals surface area contributed by atoms with Gasteiger partial charge in [0.1, 0.15) is 5.94 Å².